The van der Waals surface area contributed by atoms with Crippen LogP contribution < -0.4 is 0 Å². The molecule has 0 heterocycles. The van der Waals surface area contributed by atoms with Crippen molar-refractivity contribution in [3.05, 3.63) is 53.6 Å². The molecule has 0 saturated heterocycles. The van der Waals surface area contributed by atoms with E-state index >= 15 is 0 Å². The minimum Gasteiger partial charge on any atom is -0.290 e. The maximum Gasteiger partial charge on any atom is 0.451 e. The van der Waals surface area contributed by atoms with Gasteiger partial charge in [0.25, 0.3) is 0 Å². The molecule has 0 bridgehead atoms. The van der Waals surface area contributed by atoms with Gasteiger partial charge in [-0.25, -0.2) is 9.98 Å². The van der Waals surface area contributed by atoms with Crippen molar-refractivity contribution < 1.29 is 18.0 Å². The lowest BCUT2D eigenvalue weighted by molar-refractivity contribution is -0.110. The molecule has 124 valence electrons. The fraction of sp³-hybridized carbons (Fsp3) is 0.278. The highest BCUT2D eigenvalue weighted by Gasteiger charge is 2.36. The van der Waals surface area contributed by atoms with E-state index in [0.717, 1.165) is 36.8 Å². The zero-order chi connectivity index (χ0) is 17.2. The molecule has 6 heteroatoms. The van der Waals surface area contributed by atoms with Gasteiger partial charge in [-0.15, -0.1) is 0 Å². The number of fused-ring (bicyclic) bond motifs is 1. The number of amidine groups is 1. The highest BCUT2D eigenvalue weighted by Crippen LogP contribution is 2.31. The summed E-state index contributed by atoms with van der Waals surface area (Å²) in [5.74, 6) is -1.49. The molecular formula is C18H15F3N2O. The highest BCUT2D eigenvalue weighted by molar-refractivity contribution is 6.19. The van der Waals surface area contributed by atoms with Crippen LogP contribution in [0.2, 0.25) is 0 Å². The van der Waals surface area contributed by atoms with E-state index in [9.17, 15) is 18.0 Å². The average Bonchev–Trinajstić information content (AvgIpc) is 2.55. The largest absolute Gasteiger partial charge is 0.451 e. The Labute approximate surface area is 137 Å². The lowest BCUT2D eigenvalue weighted by Crippen LogP contribution is -2.22. The van der Waals surface area contributed by atoms with Crippen molar-refractivity contribution in [1.29, 1.82) is 0 Å². The SMILES string of the molecule is O=C1C=CC(=NC(=Nc2cccc3c2CCCC3)C(F)(F)F)C=C1. The molecule has 0 atom stereocenters. The third kappa shape index (κ3) is 3.69. The first-order chi connectivity index (χ1) is 11.4. The molecule has 0 spiro atoms. The van der Waals surface area contributed by atoms with Crippen LogP contribution in [0.4, 0.5) is 18.9 Å². The first kappa shape index (κ1) is 16.4. The average molecular weight is 332 g/mol. The molecule has 0 aliphatic heterocycles. The van der Waals surface area contributed by atoms with E-state index in [2.05, 4.69) is 9.98 Å². The van der Waals surface area contributed by atoms with Crippen LogP contribution in [0, 0.1) is 0 Å². The van der Waals surface area contributed by atoms with E-state index < -0.39 is 12.0 Å². The number of ketones is 1. The standard InChI is InChI=1S/C18H15F3N2O/c19-18(20,21)17(22-13-8-10-14(24)11-9-13)23-16-7-3-5-12-4-1-2-6-15(12)16/h3,5,7-11H,1-2,4,6H2. The Morgan fingerprint density at radius 3 is 2.42 bits per heavy atom. The molecule has 1 aromatic rings. The van der Waals surface area contributed by atoms with Gasteiger partial charge in [0.1, 0.15) is 0 Å². The normalized spacial score (nSPS) is 17.9. The Balaban J connectivity index is 2.03. The molecule has 0 fully saturated rings. The van der Waals surface area contributed by atoms with Crippen molar-refractivity contribution >= 4 is 23.0 Å². The van der Waals surface area contributed by atoms with Crippen molar-refractivity contribution in [3.63, 3.8) is 0 Å². The molecule has 0 unspecified atom stereocenters. The lowest BCUT2D eigenvalue weighted by atomic mass is 9.90. The van der Waals surface area contributed by atoms with Gasteiger partial charge in [-0.1, -0.05) is 12.1 Å². The molecule has 0 saturated carbocycles. The number of benzene rings is 1. The summed E-state index contributed by atoms with van der Waals surface area (Å²) in [6.07, 6.45) is 3.77. The van der Waals surface area contributed by atoms with Crippen molar-refractivity contribution in [2.24, 2.45) is 9.98 Å². The summed E-state index contributed by atoms with van der Waals surface area (Å²) in [5, 5.41) is 0. The van der Waals surface area contributed by atoms with Gasteiger partial charge in [0, 0.05) is 0 Å². The van der Waals surface area contributed by atoms with Gasteiger partial charge in [-0.05, 0) is 67.2 Å². The summed E-state index contributed by atoms with van der Waals surface area (Å²) in [6, 6.07) is 5.25. The van der Waals surface area contributed by atoms with Crippen LogP contribution in [0.5, 0.6) is 0 Å². The van der Waals surface area contributed by atoms with E-state index in [1.165, 1.54) is 24.3 Å². The van der Waals surface area contributed by atoms with Gasteiger partial charge >= 0.3 is 6.18 Å². The molecule has 0 aromatic heterocycles. The molecule has 1 aromatic carbocycles. The van der Waals surface area contributed by atoms with Crippen LogP contribution in [0.15, 0.2) is 52.5 Å². The second-order valence-corrected chi connectivity index (χ2v) is 5.66. The van der Waals surface area contributed by atoms with Gasteiger partial charge < -0.3 is 0 Å². The van der Waals surface area contributed by atoms with Gasteiger partial charge in [0.05, 0.1) is 11.4 Å². The van der Waals surface area contributed by atoms with Gasteiger partial charge in [0.2, 0.25) is 5.84 Å². The second kappa shape index (κ2) is 6.55. The maximum absolute atomic E-state index is 13.3. The quantitative estimate of drug-likeness (QED) is 0.430. The third-order valence-electron chi connectivity index (χ3n) is 3.92. The number of rotatable bonds is 1. The fourth-order valence-corrected chi connectivity index (χ4v) is 2.77. The molecule has 0 amide bonds. The molecule has 0 N–H and O–H groups in total. The number of halogens is 3. The van der Waals surface area contributed by atoms with Crippen LogP contribution in [0.25, 0.3) is 0 Å². The predicted molar refractivity (Wildman–Crippen MR) is 87.0 cm³/mol. The van der Waals surface area contributed by atoms with E-state index in [0.29, 0.717) is 5.69 Å². The molecule has 2 aliphatic rings. The van der Waals surface area contributed by atoms with E-state index in [1.54, 1.807) is 12.1 Å². The Morgan fingerprint density at radius 1 is 1.00 bits per heavy atom. The lowest BCUT2D eigenvalue weighted by Gasteiger charge is -2.17. The van der Waals surface area contributed by atoms with Gasteiger partial charge in [0.15, 0.2) is 5.78 Å². The summed E-state index contributed by atoms with van der Waals surface area (Å²) in [4.78, 5) is 18.5. The maximum atomic E-state index is 13.3. The summed E-state index contributed by atoms with van der Waals surface area (Å²) in [5.41, 5.74) is 2.30. The van der Waals surface area contributed by atoms with E-state index in [-0.39, 0.29) is 11.5 Å². The highest BCUT2D eigenvalue weighted by atomic mass is 19.4. The van der Waals surface area contributed by atoms with Crippen molar-refractivity contribution in [1.82, 2.24) is 0 Å². The molecule has 2 aliphatic carbocycles. The number of hydrogen-bond donors (Lipinski definition) is 0. The fourth-order valence-electron chi connectivity index (χ4n) is 2.77. The van der Waals surface area contributed by atoms with Crippen molar-refractivity contribution in [2.75, 3.05) is 0 Å². The number of carbonyl (C=O) groups excluding carboxylic acids is 1. The topological polar surface area (TPSA) is 41.8 Å². The summed E-state index contributed by atoms with van der Waals surface area (Å²) < 4.78 is 39.9. The van der Waals surface area contributed by atoms with Gasteiger partial charge in [-0.3, -0.25) is 4.79 Å². The summed E-state index contributed by atoms with van der Waals surface area (Å²) in [6.45, 7) is 0. The number of aryl methyl sites for hydroxylation is 1. The minimum atomic E-state index is -4.67. The van der Waals surface area contributed by atoms with E-state index in [4.69, 9.17) is 0 Å². The number of carbonyl (C=O) groups is 1. The Morgan fingerprint density at radius 2 is 1.71 bits per heavy atom. The summed E-state index contributed by atoms with van der Waals surface area (Å²) >= 11 is 0. The van der Waals surface area contributed by atoms with E-state index in [1.807, 2.05) is 6.07 Å². The Bertz CT molecular complexity index is 768. The Kier molecular flexibility index (Phi) is 4.46. The van der Waals surface area contributed by atoms with Crippen molar-refractivity contribution in [3.8, 4) is 0 Å². The molecule has 0 radical (unpaired) electrons. The number of hydrogen-bond acceptors (Lipinski definition) is 2. The van der Waals surface area contributed by atoms with Crippen molar-refractivity contribution in [2.45, 2.75) is 31.9 Å². The smallest absolute Gasteiger partial charge is 0.290 e. The molecule has 24 heavy (non-hydrogen) atoms. The molecule has 3 rings (SSSR count). The van der Waals surface area contributed by atoms with Gasteiger partial charge in [-0.2, -0.15) is 13.2 Å². The minimum absolute atomic E-state index is 0.0514. The predicted octanol–water partition coefficient (Wildman–Crippen LogP) is 4.29. The zero-order valence-electron chi connectivity index (χ0n) is 12.8. The first-order valence-corrected chi connectivity index (χ1v) is 7.69. The van der Waals surface area contributed by atoms with Crippen LogP contribution in [0.1, 0.15) is 24.0 Å². The zero-order valence-corrected chi connectivity index (χ0v) is 12.8. The summed E-state index contributed by atoms with van der Waals surface area (Å²) in [7, 11) is 0. The molecule has 3 nitrogen and oxygen atoms in total. The van der Waals surface area contributed by atoms with Crippen LogP contribution in [-0.2, 0) is 17.6 Å². The second-order valence-electron chi connectivity index (χ2n) is 5.66. The number of aliphatic imine (C=N–C) groups is 2. The first-order valence-electron chi connectivity index (χ1n) is 7.69. The van der Waals surface area contributed by atoms with Crippen LogP contribution in [-0.4, -0.2) is 23.5 Å². The number of nitrogens with zero attached hydrogens (tertiary/aromatic N) is 2. The Hall–Kier alpha value is -2.50. The monoisotopic (exact) mass is 332 g/mol. The molecular weight excluding hydrogens is 317 g/mol. The number of allylic oxidation sites excluding steroid dienone is 4. The number of alkyl halides is 3. The van der Waals surface area contributed by atoms with Crippen LogP contribution in [0.3, 0.4) is 0 Å². The third-order valence-corrected chi connectivity index (χ3v) is 3.92. The van der Waals surface area contributed by atoms with Crippen LogP contribution >= 0.6 is 0 Å².